The highest BCUT2D eigenvalue weighted by atomic mass is 35.5. The molecule has 0 spiro atoms. The van der Waals surface area contributed by atoms with Crippen molar-refractivity contribution in [1.29, 1.82) is 0 Å². The van der Waals surface area contributed by atoms with Crippen LogP contribution in [-0.4, -0.2) is 36.0 Å². The fraction of sp³-hybridized carbons (Fsp3) is 0.304. The van der Waals surface area contributed by atoms with Gasteiger partial charge in [-0.05, 0) is 62.6 Å². The van der Waals surface area contributed by atoms with E-state index in [-0.39, 0.29) is 30.2 Å². The molecular weight excluding hydrogens is 423 g/mol. The zero-order chi connectivity index (χ0) is 21.8. The van der Waals surface area contributed by atoms with E-state index in [9.17, 15) is 9.59 Å². The van der Waals surface area contributed by atoms with Crippen LogP contribution in [0.15, 0.2) is 48.2 Å². The fourth-order valence-electron chi connectivity index (χ4n) is 3.18. The van der Waals surface area contributed by atoms with Gasteiger partial charge in [0.2, 0.25) is 0 Å². The van der Waals surface area contributed by atoms with Crippen molar-refractivity contribution in [3.05, 3.63) is 69.3 Å². The van der Waals surface area contributed by atoms with Crippen molar-refractivity contribution >= 4 is 46.3 Å². The standard InChI is InChI=1S/C23H24Cl2N2O3/c1-14(2)30-12-4-11-27-22(28)20(16-6-9-17(24)10-7-16)21(23(27)29)26-19-13-18(25)8-5-15(19)3/h5-10,13-14,26H,4,11-12H2,1-3H3. The maximum atomic E-state index is 13.2. The largest absolute Gasteiger partial charge is 0.379 e. The first-order valence-electron chi connectivity index (χ1n) is 9.79. The average Bonchev–Trinajstić information content (AvgIpc) is 2.92. The predicted molar refractivity (Wildman–Crippen MR) is 121 cm³/mol. The lowest BCUT2D eigenvalue weighted by atomic mass is 10.0. The van der Waals surface area contributed by atoms with Gasteiger partial charge in [-0.3, -0.25) is 14.5 Å². The summed E-state index contributed by atoms with van der Waals surface area (Å²) in [5, 5.41) is 4.24. The normalized spacial score (nSPS) is 14.3. The summed E-state index contributed by atoms with van der Waals surface area (Å²) in [4.78, 5) is 27.6. The number of hydrogen-bond donors (Lipinski definition) is 1. The summed E-state index contributed by atoms with van der Waals surface area (Å²) in [6.07, 6.45) is 0.660. The second-order valence-electron chi connectivity index (χ2n) is 7.38. The molecule has 30 heavy (non-hydrogen) atoms. The molecule has 0 saturated carbocycles. The third-order valence-corrected chi connectivity index (χ3v) is 5.22. The van der Waals surface area contributed by atoms with E-state index in [1.54, 1.807) is 36.4 Å². The molecule has 0 aliphatic carbocycles. The molecule has 0 radical (unpaired) electrons. The van der Waals surface area contributed by atoms with Gasteiger partial charge in [-0.1, -0.05) is 41.4 Å². The Labute approximate surface area is 186 Å². The number of halogens is 2. The van der Waals surface area contributed by atoms with Gasteiger partial charge in [-0.25, -0.2) is 0 Å². The molecule has 0 atom stereocenters. The monoisotopic (exact) mass is 446 g/mol. The lowest BCUT2D eigenvalue weighted by Gasteiger charge is -2.16. The molecular formula is C23H24Cl2N2O3. The third-order valence-electron chi connectivity index (χ3n) is 4.74. The van der Waals surface area contributed by atoms with Crippen molar-refractivity contribution in [2.24, 2.45) is 0 Å². The molecule has 0 saturated heterocycles. The highest BCUT2D eigenvalue weighted by Crippen LogP contribution is 2.32. The summed E-state index contributed by atoms with van der Waals surface area (Å²) < 4.78 is 5.54. The molecule has 2 aromatic carbocycles. The maximum Gasteiger partial charge on any atom is 0.278 e. The van der Waals surface area contributed by atoms with Gasteiger partial charge >= 0.3 is 0 Å². The number of carbonyl (C=O) groups is 2. The van der Waals surface area contributed by atoms with Crippen LogP contribution in [0, 0.1) is 6.92 Å². The Kier molecular flexibility index (Phi) is 7.19. The minimum Gasteiger partial charge on any atom is -0.379 e. The van der Waals surface area contributed by atoms with E-state index in [0.717, 1.165) is 5.56 Å². The van der Waals surface area contributed by atoms with Gasteiger partial charge < -0.3 is 10.1 Å². The second kappa shape index (κ2) is 9.65. The number of nitrogens with zero attached hydrogens (tertiary/aromatic N) is 1. The summed E-state index contributed by atoms with van der Waals surface area (Å²) in [7, 11) is 0. The van der Waals surface area contributed by atoms with Crippen LogP contribution in [0.1, 0.15) is 31.4 Å². The molecule has 5 nitrogen and oxygen atoms in total. The van der Waals surface area contributed by atoms with E-state index in [2.05, 4.69) is 5.32 Å². The molecule has 0 bridgehead atoms. The number of anilines is 1. The number of benzene rings is 2. The first-order valence-corrected chi connectivity index (χ1v) is 10.5. The minimum absolute atomic E-state index is 0.0979. The van der Waals surface area contributed by atoms with Crippen molar-refractivity contribution < 1.29 is 14.3 Å². The van der Waals surface area contributed by atoms with Crippen LogP contribution in [-0.2, 0) is 14.3 Å². The molecule has 2 amide bonds. The summed E-state index contributed by atoms with van der Waals surface area (Å²) in [6.45, 7) is 6.55. The summed E-state index contributed by atoms with van der Waals surface area (Å²) in [6, 6.07) is 12.2. The number of nitrogens with one attached hydrogen (secondary N) is 1. The van der Waals surface area contributed by atoms with E-state index in [4.69, 9.17) is 27.9 Å². The van der Waals surface area contributed by atoms with Gasteiger partial charge in [-0.2, -0.15) is 0 Å². The molecule has 3 rings (SSSR count). The third kappa shape index (κ3) is 5.04. The Morgan fingerprint density at radius 2 is 1.67 bits per heavy atom. The first-order chi connectivity index (χ1) is 14.3. The Morgan fingerprint density at radius 3 is 2.33 bits per heavy atom. The van der Waals surface area contributed by atoms with Crippen LogP contribution < -0.4 is 5.32 Å². The minimum atomic E-state index is -0.367. The molecule has 0 fully saturated rings. The zero-order valence-corrected chi connectivity index (χ0v) is 18.7. The van der Waals surface area contributed by atoms with Gasteiger partial charge in [0.1, 0.15) is 5.70 Å². The molecule has 1 aliphatic heterocycles. The summed E-state index contributed by atoms with van der Waals surface area (Å²) in [5.74, 6) is -0.706. The van der Waals surface area contributed by atoms with Crippen LogP contribution in [0.2, 0.25) is 10.0 Å². The SMILES string of the molecule is Cc1ccc(Cl)cc1NC1=C(c2ccc(Cl)cc2)C(=O)N(CCCOC(C)C)C1=O. The summed E-state index contributed by atoms with van der Waals surface area (Å²) >= 11 is 12.1. The van der Waals surface area contributed by atoms with Crippen molar-refractivity contribution in [2.45, 2.75) is 33.3 Å². The summed E-state index contributed by atoms with van der Waals surface area (Å²) in [5.41, 5.74) is 2.76. The number of rotatable bonds is 8. The number of aryl methyl sites for hydroxylation is 1. The number of amides is 2. The molecule has 0 unspecified atom stereocenters. The van der Waals surface area contributed by atoms with E-state index >= 15 is 0 Å². The fourth-order valence-corrected chi connectivity index (χ4v) is 3.48. The first kappa shape index (κ1) is 22.3. The quantitative estimate of drug-likeness (QED) is 0.440. The van der Waals surface area contributed by atoms with Crippen molar-refractivity contribution in [2.75, 3.05) is 18.5 Å². The lowest BCUT2D eigenvalue weighted by molar-refractivity contribution is -0.137. The Balaban J connectivity index is 1.94. The van der Waals surface area contributed by atoms with Crippen LogP contribution in [0.5, 0.6) is 0 Å². The van der Waals surface area contributed by atoms with Crippen LogP contribution in [0.3, 0.4) is 0 Å². The number of carbonyl (C=O) groups excluding carboxylic acids is 2. The highest BCUT2D eigenvalue weighted by Gasteiger charge is 2.39. The number of ether oxygens (including phenoxy) is 1. The van der Waals surface area contributed by atoms with Gasteiger partial charge in [0, 0.05) is 28.9 Å². The molecule has 7 heteroatoms. The van der Waals surface area contributed by atoms with Gasteiger partial charge in [0.25, 0.3) is 11.8 Å². The van der Waals surface area contributed by atoms with Crippen molar-refractivity contribution in [3.8, 4) is 0 Å². The van der Waals surface area contributed by atoms with E-state index < -0.39 is 0 Å². The van der Waals surface area contributed by atoms with Crippen LogP contribution in [0.4, 0.5) is 5.69 Å². The van der Waals surface area contributed by atoms with Crippen molar-refractivity contribution in [3.63, 3.8) is 0 Å². The Morgan fingerprint density at radius 1 is 1.00 bits per heavy atom. The van der Waals surface area contributed by atoms with Crippen LogP contribution in [0.25, 0.3) is 5.57 Å². The predicted octanol–water partition coefficient (Wildman–Crippen LogP) is 5.31. The lowest BCUT2D eigenvalue weighted by Crippen LogP contribution is -2.34. The average molecular weight is 447 g/mol. The Bertz CT molecular complexity index is 984. The van der Waals surface area contributed by atoms with E-state index in [0.29, 0.717) is 39.9 Å². The number of imide groups is 1. The molecule has 1 N–H and O–H groups in total. The number of hydrogen-bond acceptors (Lipinski definition) is 4. The van der Waals surface area contributed by atoms with Crippen LogP contribution >= 0.6 is 23.2 Å². The van der Waals surface area contributed by atoms with Gasteiger partial charge in [0.05, 0.1) is 11.7 Å². The topological polar surface area (TPSA) is 58.6 Å². The molecule has 1 aliphatic rings. The maximum absolute atomic E-state index is 13.2. The second-order valence-corrected chi connectivity index (χ2v) is 8.25. The molecule has 2 aromatic rings. The van der Waals surface area contributed by atoms with Crippen molar-refractivity contribution in [1.82, 2.24) is 4.90 Å². The van der Waals surface area contributed by atoms with Gasteiger partial charge in [0.15, 0.2) is 0 Å². The van der Waals surface area contributed by atoms with E-state index in [1.807, 2.05) is 26.8 Å². The Hall–Kier alpha value is -2.34. The molecule has 0 aromatic heterocycles. The van der Waals surface area contributed by atoms with Gasteiger partial charge in [-0.15, -0.1) is 0 Å². The highest BCUT2D eigenvalue weighted by molar-refractivity contribution is 6.37. The zero-order valence-electron chi connectivity index (χ0n) is 17.2. The van der Waals surface area contributed by atoms with E-state index in [1.165, 1.54) is 4.90 Å². The molecule has 1 heterocycles. The smallest absolute Gasteiger partial charge is 0.278 e. The molecule has 158 valence electrons.